The van der Waals surface area contributed by atoms with Gasteiger partial charge in [0.05, 0.1) is 24.1 Å². The van der Waals surface area contributed by atoms with E-state index in [0.29, 0.717) is 11.4 Å². The summed E-state index contributed by atoms with van der Waals surface area (Å²) in [6.07, 6.45) is 0. The molecule has 122 valence electrons. The predicted octanol–water partition coefficient (Wildman–Crippen LogP) is 1.83. The molecular formula is C15H17N3O4S. The van der Waals surface area contributed by atoms with E-state index in [9.17, 15) is 14.7 Å². The number of nitrogens with one attached hydrogen (secondary N) is 2. The molecule has 0 aliphatic rings. The van der Waals surface area contributed by atoms with Crippen LogP contribution in [0, 0.1) is 13.8 Å². The van der Waals surface area contributed by atoms with E-state index in [4.69, 9.17) is 4.74 Å². The molecule has 2 rings (SSSR count). The number of hydrogen-bond acceptors (Lipinski definition) is 6. The Hall–Kier alpha value is -2.48. The number of methoxy groups -OCH3 is 1. The van der Waals surface area contributed by atoms with Crippen LogP contribution in [0.2, 0.25) is 0 Å². The maximum atomic E-state index is 12.0. The highest BCUT2D eigenvalue weighted by atomic mass is 32.2. The Balaban J connectivity index is 2.03. The Labute approximate surface area is 137 Å². The third kappa shape index (κ3) is 4.26. The number of hydrogen-bond donors (Lipinski definition) is 3. The lowest BCUT2D eigenvalue weighted by molar-refractivity contribution is -0.113. The highest BCUT2D eigenvalue weighted by Gasteiger charge is 2.11. The zero-order valence-electron chi connectivity index (χ0n) is 13.0. The maximum Gasteiger partial charge on any atom is 0.258 e. The quantitative estimate of drug-likeness (QED) is 0.569. The van der Waals surface area contributed by atoms with Gasteiger partial charge >= 0.3 is 0 Å². The van der Waals surface area contributed by atoms with Crippen molar-refractivity contribution in [1.82, 2.24) is 9.97 Å². The van der Waals surface area contributed by atoms with Crippen LogP contribution in [0.1, 0.15) is 11.1 Å². The molecule has 2 aromatic rings. The van der Waals surface area contributed by atoms with Crippen molar-refractivity contribution in [2.75, 3.05) is 18.2 Å². The van der Waals surface area contributed by atoms with Gasteiger partial charge in [-0.25, -0.2) is 0 Å². The second-order valence-corrected chi connectivity index (χ2v) is 5.82. The van der Waals surface area contributed by atoms with Gasteiger partial charge in [0.2, 0.25) is 11.8 Å². The lowest BCUT2D eigenvalue weighted by Gasteiger charge is -2.10. The molecule has 0 aliphatic heterocycles. The Morgan fingerprint density at radius 2 is 2.17 bits per heavy atom. The number of anilines is 1. The van der Waals surface area contributed by atoms with E-state index in [1.54, 1.807) is 12.1 Å². The van der Waals surface area contributed by atoms with Crippen LogP contribution in [0.3, 0.4) is 0 Å². The average Bonchev–Trinajstić information content (AvgIpc) is 2.50. The third-order valence-electron chi connectivity index (χ3n) is 3.07. The van der Waals surface area contributed by atoms with E-state index in [0.717, 1.165) is 17.3 Å². The van der Waals surface area contributed by atoms with E-state index in [1.165, 1.54) is 14.0 Å². The number of H-pyrrole nitrogens is 1. The van der Waals surface area contributed by atoms with Crippen LogP contribution in [0.25, 0.3) is 0 Å². The van der Waals surface area contributed by atoms with E-state index < -0.39 is 5.56 Å². The zero-order valence-corrected chi connectivity index (χ0v) is 13.8. The molecule has 1 heterocycles. The third-order valence-corrected chi connectivity index (χ3v) is 3.95. The van der Waals surface area contributed by atoms with E-state index >= 15 is 0 Å². The fourth-order valence-electron chi connectivity index (χ4n) is 1.81. The molecule has 3 N–H and O–H groups in total. The summed E-state index contributed by atoms with van der Waals surface area (Å²) in [6.45, 7) is 3.37. The molecule has 0 saturated carbocycles. The summed E-state index contributed by atoms with van der Waals surface area (Å²) in [6, 6.07) is 5.46. The number of nitrogens with zero attached hydrogens (tertiary/aromatic N) is 1. The Kier molecular flexibility index (Phi) is 5.28. The van der Waals surface area contributed by atoms with Gasteiger partial charge < -0.3 is 20.1 Å². The molecule has 0 atom stereocenters. The van der Waals surface area contributed by atoms with E-state index in [-0.39, 0.29) is 28.3 Å². The highest BCUT2D eigenvalue weighted by molar-refractivity contribution is 7.99. The molecule has 1 aromatic heterocycles. The van der Waals surface area contributed by atoms with Gasteiger partial charge in [0.1, 0.15) is 5.75 Å². The van der Waals surface area contributed by atoms with Crippen molar-refractivity contribution in [3.8, 4) is 11.6 Å². The first kappa shape index (κ1) is 16.9. The van der Waals surface area contributed by atoms with Gasteiger partial charge in [-0.15, -0.1) is 0 Å². The summed E-state index contributed by atoms with van der Waals surface area (Å²) in [7, 11) is 1.53. The van der Waals surface area contributed by atoms with E-state index in [2.05, 4.69) is 15.3 Å². The van der Waals surface area contributed by atoms with Crippen LogP contribution in [-0.4, -0.2) is 33.8 Å². The Morgan fingerprint density at radius 1 is 1.43 bits per heavy atom. The topological polar surface area (TPSA) is 104 Å². The van der Waals surface area contributed by atoms with Crippen LogP contribution >= 0.6 is 11.8 Å². The lowest BCUT2D eigenvalue weighted by Crippen LogP contribution is -2.16. The summed E-state index contributed by atoms with van der Waals surface area (Å²) in [5.74, 6) is -0.0187. The number of aryl methyl sites for hydroxylation is 1. The number of carbonyl (C=O) groups is 1. The summed E-state index contributed by atoms with van der Waals surface area (Å²) >= 11 is 1.02. The number of thioether (sulfide) groups is 1. The Morgan fingerprint density at radius 3 is 2.83 bits per heavy atom. The van der Waals surface area contributed by atoms with Crippen molar-refractivity contribution >= 4 is 23.4 Å². The average molecular weight is 335 g/mol. The van der Waals surface area contributed by atoms with Gasteiger partial charge in [-0.2, -0.15) is 4.98 Å². The number of amides is 1. The number of ether oxygens (including phenoxy) is 1. The number of aromatic hydroxyl groups is 1. The molecule has 0 fully saturated rings. The highest BCUT2D eigenvalue weighted by Crippen LogP contribution is 2.25. The largest absolute Gasteiger partial charge is 0.495 e. The minimum absolute atomic E-state index is 0.0303. The molecule has 0 aliphatic carbocycles. The van der Waals surface area contributed by atoms with Gasteiger partial charge in [-0.05, 0) is 31.5 Å². The van der Waals surface area contributed by atoms with Crippen LogP contribution in [0.15, 0.2) is 28.2 Å². The molecule has 1 amide bonds. The molecular weight excluding hydrogens is 318 g/mol. The van der Waals surface area contributed by atoms with Crippen molar-refractivity contribution < 1.29 is 14.6 Å². The lowest BCUT2D eigenvalue weighted by atomic mass is 10.2. The van der Waals surface area contributed by atoms with Gasteiger partial charge in [0.25, 0.3) is 5.56 Å². The number of benzene rings is 1. The molecule has 1 aromatic carbocycles. The number of aromatic amines is 1. The SMILES string of the molecule is COc1ccc(C)cc1NC(=O)CSc1nc(O)c(C)c(=O)[nH]1. The number of aromatic nitrogens is 2. The molecule has 0 spiro atoms. The summed E-state index contributed by atoms with van der Waals surface area (Å²) in [4.78, 5) is 29.9. The number of rotatable bonds is 5. The van der Waals surface area contributed by atoms with Crippen LogP contribution < -0.4 is 15.6 Å². The van der Waals surface area contributed by atoms with Crippen molar-refractivity contribution in [1.29, 1.82) is 0 Å². The van der Waals surface area contributed by atoms with E-state index in [1.807, 2.05) is 13.0 Å². The predicted molar refractivity (Wildman–Crippen MR) is 88.3 cm³/mol. The smallest absolute Gasteiger partial charge is 0.258 e. The van der Waals surface area contributed by atoms with Crippen molar-refractivity contribution in [2.24, 2.45) is 0 Å². The van der Waals surface area contributed by atoms with Gasteiger partial charge in [0, 0.05) is 0 Å². The summed E-state index contributed by atoms with van der Waals surface area (Å²) in [5, 5.41) is 12.4. The van der Waals surface area contributed by atoms with Crippen molar-refractivity contribution in [2.45, 2.75) is 19.0 Å². The summed E-state index contributed by atoms with van der Waals surface area (Å²) in [5.41, 5.74) is 1.28. The molecule has 0 radical (unpaired) electrons. The maximum absolute atomic E-state index is 12.0. The van der Waals surface area contributed by atoms with Crippen LogP contribution in [0.5, 0.6) is 11.6 Å². The number of carbonyl (C=O) groups excluding carboxylic acids is 1. The molecule has 0 bridgehead atoms. The minimum atomic E-state index is -0.430. The van der Waals surface area contributed by atoms with Crippen LogP contribution in [-0.2, 0) is 4.79 Å². The second-order valence-electron chi connectivity index (χ2n) is 4.86. The first-order valence-electron chi connectivity index (χ1n) is 6.78. The minimum Gasteiger partial charge on any atom is -0.495 e. The zero-order chi connectivity index (χ0) is 17.0. The monoisotopic (exact) mass is 335 g/mol. The van der Waals surface area contributed by atoms with Crippen molar-refractivity contribution in [3.05, 3.63) is 39.7 Å². The van der Waals surface area contributed by atoms with Gasteiger partial charge in [0.15, 0.2) is 5.16 Å². The van der Waals surface area contributed by atoms with Gasteiger partial charge in [-0.3, -0.25) is 9.59 Å². The molecule has 0 unspecified atom stereocenters. The first-order valence-corrected chi connectivity index (χ1v) is 7.76. The Bertz CT molecular complexity index is 789. The van der Waals surface area contributed by atoms with Crippen molar-refractivity contribution in [3.63, 3.8) is 0 Å². The first-order chi connectivity index (χ1) is 10.9. The fraction of sp³-hybridized carbons (Fsp3) is 0.267. The summed E-state index contributed by atoms with van der Waals surface area (Å²) < 4.78 is 5.19. The molecule has 7 nitrogen and oxygen atoms in total. The second kappa shape index (κ2) is 7.19. The molecule has 23 heavy (non-hydrogen) atoms. The van der Waals surface area contributed by atoms with Gasteiger partial charge in [-0.1, -0.05) is 17.8 Å². The normalized spacial score (nSPS) is 10.4. The molecule has 0 saturated heterocycles. The molecule has 8 heteroatoms. The fourth-order valence-corrected chi connectivity index (χ4v) is 2.46. The standard InChI is InChI=1S/C15H17N3O4S/c1-8-4-5-11(22-3)10(6-8)16-12(19)7-23-15-17-13(20)9(2)14(21)18-15/h4-6H,7H2,1-3H3,(H,16,19)(H2,17,18,20,21). The van der Waals surface area contributed by atoms with Crippen LogP contribution in [0.4, 0.5) is 5.69 Å².